The summed E-state index contributed by atoms with van der Waals surface area (Å²) in [4.78, 5) is 15.2. The van der Waals surface area contributed by atoms with Crippen LogP contribution in [0.4, 0.5) is 0 Å². The third-order valence-corrected chi connectivity index (χ3v) is 3.91. The first kappa shape index (κ1) is 14.1. The molecular weight excluding hydrogens is 260 g/mol. The van der Waals surface area contributed by atoms with E-state index in [-0.39, 0.29) is 18.0 Å². The Morgan fingerprint density at radius 3 is 2.63 bits per heavy atom. The van der Waals surface area contributed by atoms with Gasteiger partial charge in [0.1, 0.15) is 0 Å². The predicted molar refractivity (Wildman–Crippen MR) is 81.4 cm³/mol. The van der Waals surface area contributed by atoms with Gasteiger partial charge in [0.25, 0.3) is 5.56 Å². The van der Waals surface area contributed by atoms with Crippen molar-refractivity contribution in [3.8, 4) is 0 Å². The molecule has 1 aromatic carbocycles. The Balaban J connectivity index is 0.00000133. The van der Waals surface area contributed by atoms with Crippen molar-refractivity contribution in [1.82, 2.24) is 10.3 Å². The van der Waals surface area contributed by atoms with Gasteiger partial charge in [0.05, 0.1) is 0 Å². The van der Waals surface area contributed by atoms with Crippen molar-refractivity contribution in [2.24, 2.45) is 0 Å². The number of fused-ring (bicyclic) bond motifs is 1. The van der Waals surface area contributed by atoms with E-state index in [1.165, 1.54) is 5.56 Å². The van der Waals surface area contributed by atoms with Gasteiger partial charge < -0.3 is 10.3 Å². The van der Waals surface area contributed by atoms with Crippen molar-refractivity contribution in [3.05, 3.63) is 45.9 Å². The summed E-state index contributed by atoms with van der Waals surface area (Å²) in [5, 5.41) is 5.25. The normalized spacial score (nSPS) is 16.3. The van der Waals surface area contributed by atoms with Crippen molar-refractivity contribution in [1.29, 1.82) is 0 Å². The number of aryl methyl sites for hydroxylation is 1. The summed E-state index contributed by atoms with van der Waals surface area (Å²) >= 11 is 0. The van der Waals surface area contributed by atoms with Crippen LogP contribution in [0.25, 0.3) is 10.8 Å². The maximum absolute atomic E-state index is 12.1. The number of pyridine rings is 1. The van der Waals surface area contributed by atoms with Gasteiger partial charge in [-0.15, -0.1) is 12.4 Å². The van der Waals surface area contributed by atoms with E-state index in [0.29, 0.717) is 5.92 Å². The SMILES string of the molecule is Cc1cccc2c(=O)[nH]c(C3CCNCC3)cc12.Cl. The minimum Gasteiger partial charge on any atom is -0.325 e. The third-order valence-electron chi connectivity index (χ3n) is 3.91. The zero-order valence-electron chi connectivity index (χ0n) is 11.0. The Bertz CT molecular complexity index is 630. The number of halogens is 1. The quantitative estimate of drug-likeness (QED) is 0.842. The van der Waals surface area contributed by atoms with Crippen LogP contribution < -0.4 is 10.9 Å². The highest BCUT2D eigenvalue weighted by Crippen LogP contribution is 2.25. The van der Waals surface area contributed by atoms with Crippen molar-refractivity contribution < 1.29 is 0 Å². The number of benzene rings is 1. The van der Waals surface area contributed by atoms with E-state index in [1.54, 1.807) is 0 Å². The van der Waals surface area contributed by atoms with E-state index in [9.17, 15) is 4.79 Å². The van der Waals surface area contributed by atoms with Gasteiger partial charge in [-0.25, -0.2) is 0 Å². The molecule has 1 fully saturated rings. The van der Waals surface area contributed by atoms with Gasteiger partial charge in [0.2, 0.25) is 0 Å². The molecule has 0 bridgehead atoms. The first-order chi connectivity index (χ1) is 8.75. The fourth-order valence-electron chi connectivity index (χ4n) is 2.81. The minimum absolute atomic E-state index is 0. The fourth-order valence-corrected chi connectivity index (χ4v) is 2.81. The van der Waals surface area contributed by atoms with E-state index in [1.807, 2.05) is 12.1 Å². The summed E-state index contributed by atoms with van der Waals surface area (Å²) in [7, 11) is 0. The lowest BCUT2D eigenvalue weighted by atomic mass is 9.92. The van der Waals surface area contributed by atoms with Crippen molar-refractivity contribution in [3.63, 3.8) is 0 Å². The smallest absolute Gasteiger partial charge is 0.256 e. The summed E-state index contributed by atoms with van der Waals surface area (Å²) in [6.07, 6.45) is 2.21. The molecule has 2 aromatic rings. The molecular formula is C15H19ClN2O. The molecule has 0 radical (unpaired) electrons. The first-order valence-corrected chi connectivity index (χ1v) is 6.59. The third kappa shape index (κ3) is 2.67. The number of nitrogens with one attached hydrogen (secondary N) is 2. The molecule has 2 N–H and O–H groups in total. The summed E-state index contributed by atoms with van der Waals surface area (Å²) in [5.41, 5.74) is 2.32. The van der Waals surface area contributed by atoms with E-state index in [2.05, 4.69) is 29.4 Å². The van der Waals surface area contributed by atoms with Gasteiger partial charge in [-0.3, -0.25) is 4.79 Å². The van der Waals surface area contributed by atoms with E-state index in [4.69, 9.17) is 0 Å². The Kier molecular flexibility index (Phi) is 4.27. The molecule has 0 saturated carbocycles. The predicted octanol–water partition coefficient (Wildman–Crippen LogP) is 2.73. The number of H-pyrrole nitrogens is 1. The van der Waals surface area contributed by atoms with Crippen LogP contribution in [0, 0.1) is 6.92 Å². The largest absolute Gasteiger partial charge is 0.325 e. The Morgan fingerprint density at radius 2 is 1.89 bits per heavy atom. The Labute approximate surface area is 118 Å². The molecule has 0 unspecified atom stereocenters. The first-order valence-electron chi connectivity index (χ1n) is 6.59. The lowest BCUT2D eigenvalue weighted by Gasteiger charge is -2.23. The van der Waals surface area contributed by atoms with Crippen molar-refractivity contribution in [2.45, 2.75) is 25.7 Å². The van der Waals surface area contributed by atoms with Crippen LogP contribution in [-0.4, -0.2) is 18.1 Å². The molecule has 1 aliphatic rings. The van der Waals surface area contributed by atoms with Crippen LogP contribution in [0.5, 0.6) is 0 Å². The van der Waals surface area contributed by atoms with Gasteiger partial charge in [-0.05, 0) is 55.9 Å². The van der Waals surface area contributed by atoms with Gasteiger partial charge in [0, 0.05) is 17.0 Å². The molecule has 4 heteroatoms. The fraction of sp³-hybridized carbons (Fsp3) is 0.400. The number of aromatic amines is 1. The monoisotopic (exact) mass is 278 g/mol. The molecule has 0 amide bonds. The maximum atomic E-state index is 12.1. The topological polar surface area (TPSA) is 44.9 Å². The van der Waals surface area contributed by atoms with Gasteiger partial charge >= 0.3 is 0 Å². The van der Waals surface area contributed by atoms with Crippen LogP contribution >= 0.6 is 12.4 Å². The van der Waals surface area contributed by atoms with Crippen LogP contribution in [-0.2, 0) is 0 Å². The molecule has 102 valence electrons. The average Bonchev–Trinajstić information content (AvgIpc) is 2.41. The van der Waals surface area contributed by atoms with Crippen LogP contribution in [0.15, 0.2) is 29.1 Å². The highest BCUT2D eigenvalue weighted by atomic mass is 35.5. The number of piperidine rings is 1. The van der Waals surface area contributed by atoms with Crippen LogP contribution in [0.1, 0.15) is 30.0 Å². The molecule has 0 atom stereocenters. The highest BCUT2D eigenvalue weighted by Gasteiger charge is 2.17. The summed E-state index contributed by atoms with van der Waals surface area (Å²) in [5.74, 6) is 0.489. The van der Waals surface area contributed by atoms with Crippen molar-refractivity contribution >= 4 is 23.2 Å². The molecule has 3 rings (SSSR count). The number of hydrogen-bond acceptors (Lipinski definition) is 2. The van der Waals surface area contributed by atoms with Crippen molar-refractivity contribution in [2.75, 3.05) is 13.1 Å². The molecule has 1 saturated heterocycles. The van der Waals surface area contributed by atoms with Crippen LogP contribution in [0.3, 0.4) is 0 Å². The number of rotatable bonds is 1. The summed E-state index contributed by atoms with van der Waals surface area (Å²) in [6.45, 7) is 4.14. The Hall–Kier alpha value is -1.32. The molecule has 3 nitrogen and oxygen atoms in total. The lowest BCUT2D eigenvalue weighted by Crippen LogP contribution is -2.28. The zero-order valence-corrected chi connectivity index (χ0v) is 11.8. The van der Waals surface area contributed by atoms with E-state index in [0.717, 1.165) is 42.4 Å². The number of hydrogen-bond donors (Lipinski definition) is 2. The highest BCUT2D eigenvalue weighted by molar-refractivity contribution is 5.85. The molecule has 0 spiro atoms. The van der Waals surface area contributed by atoms with E-state index < -0.39 is 0 Å². The molecule has 2 heterocycles. The molecule has 0 aliphatic carbocycles. The summed E-state index contributed by atoms with van der Waals surface area (Å²) < 4.78 is 0. The molecule has 19 heavy (non-hydrogen) atoms. The van der Waals surface area contributed by atoms with E-state index >= 15 is 0 Å². The Morgan fingerprint density at radius 1 is 1.16 bits per heavy atom. The lowest BCUT2D eigenvalue weighted by molar-refractivity contribution is 0.453. The average molecular weight is 279 g/mol. The van der Waals surface area contributed by atoms with Gasteiger partial charge in [-0.2, -0.15) is 0 Å². The zero-order chi connectivity index (χ0) is 12.5. The summed E-state index contributed by atoms with van der Waals surface area (Å²) in [6, 6.07) is 8.07. The van der Waals surface area contributed by atoms with Gasteiger partial charge in [-0.1, -0.05) is 12.1 Å². The second-order valence-electron chi connectivity index (χ2n) is 5.11. The standard InChI is InChI=1S/C15H18N2O.ClH/c1-10-3-2-4-12-13(10)9-14(17-15(12)18)11-5-7-16-8-6-11;/h2-4,9,11,16H,5-8H2,1H3,(H,17,18);1H. The molecule has 1 aliphatic heterocycles. The van der Waals surface area contributed by atoms with Gasteiger partial charge in [0.15, 0.2) is 0 Å². The van der Waals surface area contributed by atoms with Crippen LogP contribution in [0.2, 0.25) is 0 Å². The molecule has 1 aromatic heterocycles. The maximum Gasteiger partial charge on any atom is 0.256 e. The minimum atomic E-state index is 0. The second-order valence-corrected chi connectivity index (χ2v) is 5.11. The second kappa shape index (κ2) is 5.76. The number of aromatic nitrogens is 1.